The Labute approximate surface area is 154 Å². The zero-order valence-electron chi connectivity index (χ0n) is 14.4. The van der Waals surface area contributed by atoms with E-state index in [9.17, 15) is 18.7 Å². The van der Waals surface area contributed by atoms with Gasteiger partial charge in [0.1, 0.15) is 0 Å². The summed E-state index contributed by atoms with van der Waals surface area (Å²) >= 11 is 0. The number of nitrogens with one attached hydrogen (secondary N) is 2. The Morgan fingerprint density at radius 2 is 1.78 bits per heavy atom. The Balaban J connectivity index is 1.54. The van der Waals surface area contributed by atoms with Gasteiger partial charge in [-0.25, -0.2) is 8.78 Å². The summed E-state index contributed by atoms with van der Waals surface area (Å²) in [5.41, 5.74) is 0.951. The molecule has 2 heterocycles. The average molecular weight is 372 g/mol. The number of benzene rings is 2. The summed E-state index contributed by atoms with van der Waals surface area (Å²) < 4.78 is 32.1. The van der Waals surface area contributed by atoms with Crippen LogP contribution in [0.2, 0.25) is 0 Å². The zero-order chi connectivity index (χ0) is 19.0. The molecule has 0 saturated carbocycles. The first-order valence-electron chi connectivity index (χ1n) is 8.64. The van der Waals surface area contributed by atoms with Crippen LogP contribution in [-0.2, 0) is 10.3 Å². The van der Waals surface area contributed by atoms with Crippen LogP contribution in [0.3, 0.4) is 0 Å². The van der Waals surface area contributed by atoms with Crippen molar-refractivity contribution >= 4 is 22.5 Å². The molecule has 1 aromatic heterocycles. The van der Waals surface area contributed by atoms with E-state index in [0.29, 0.717) is 48.2 Å². The smallest absolute Gasteiger partial charge is 0.255 e. The minimum absolute atomic E-state index is 0.362. The molecule has 1 fully saturated rings. The van der Waals surface area contributed by atoms with Crippen molar-refractivity contribution in [1.29, 1.82) is 0 Å². The lowest BCUT2D eigenvalue weighted by molar-refractivity contribution is -0.0679. The highest BCUT2D eigenvalue weighted by molar-refractivity contribution is 6.09. The van der Waals surface area contributed by atoms with Gasteiger partial charge in [-0.15, -0.1) is 0 Å². The van der Waals surface area contributed by atoms with Crippen LogP contribution < -0.4 is 5.32 Å². The fourth-order valence-electron chi connectivity index (χ4n) is 3.34. The molecule has 0 radical (unpaired) electrons. The molecule has 2 aromatic carbocycles. The summed E-state index contributed by atoms with van der Waals surface area (Å²) in [5.74, 6) is -2.32. The van der Waals surface area contributed by atoms with Crippen LogP contribution in [0.4, 0.5) is 14.5 Å². The van der Waals surface area contributed by atoms with E-state index in [1.165, 1.54) is 6.20 Å². The quantitative estimate of drug-likeness (QED) is 0.656. The second kappa shape index (κ2) is 6.75. The van der Waals surface area contributed by atoms with E-state index in [2.05, 4.69) is 10.3 Å². The third kappa shape index (κ3) is 3.31. The lowest BCUT2D eigenvalue weighted by Crippen LogP contribution is -2.33. The number of aromatic nitrogens is 1. The standard InChI is InChI=1S/C20H18F2N2O3/c21-15-9-14-17(10-16(15)22)23-11-18(14)24-19(25)12-1-3-13(4-2-12)20(26)5-7-27-8-6-20/h1-4,9-11,23,26H,5-8H2,(H,24,25). The molecule has 1 saturated heterocycles. The van der Waals surface area contributed by atoms with Crippen LogP contribution >= 0.6 is 0 Å². The molecule has 5 nitrogen and oxygen atoms in total. The largest absolute Gasteiger partial charge is 0.385 e. The maximum Gasteiger partial charge on any atom is 0.255 e. The maximum absolute atomic E-state index is 13.5. The van der Waals surface area contributed by atoms with E-state index in [1.807, 2.05) is 0 Å². The van der Waals surface area contributed by atoms with Gasteiger partial charge in [-0.2, -0.15) is 0 Å². The molecule has 0 unspecified atom stereocenters. The number of aliphatic hydroxyl groups is 1. The summed E-state index contributed by atoms with van der Waals surface area (Å²) in [7, 11) is 0. The summed E-state index contributed by atoms with van der Waals surface area (Å²) in [6.45, 7) is 0.993. The van der Waals surface area contributed by atoms with Crippen LogP contribution in [0.1, 0.15) is 28.8 Å². The van der Waals surface area contributed by atoms with Crippen molar-refractivity contribution in [3.05, 3.63) is 65.4 Å². The number of halogens is 2. The van der Waals surface area contributed by atoms with E-state index in [0.717, 1.165) is 17.7 Å². The molecular formula is C20H18F2N2O3. The summed E-state index contributed by atoms with van der Waals surface area (Å²) in [6, 6.07) is 8.81. The molecule has 1 amide bonds. The number of aromatic amines is 1. The van der Waals surface area contributed by atoms with Crippen molar-refractivity contribution in [3.8, 4) is 0 Å². The zero-order valence-corrected chi connectivity index (χ0v) is 14.4. The number of H-pyrrole nitrogens is 1. The predicted molar refractivity (Wildman–Crippen MR) is 96.6 cm³/mol. The first-order valence-corrected chi connectivity index (χ1v) is 8.64. The number of hydrogen-bond donors (Lipinski definition) is 3. The van der Waals surface area contributed by atoms with Gasteiger partial charge in [-0.3, -0.25) is 4.79 Å². The van der Waals surface area contributed by atoms with Crippen LogP contribution in [-0.4, -0.2) is 29.2 Å². The Hall–Kier alpha value is -2.77. The van der Waals surface area contributed by atoms with Crippen molar-refractivity contribution in [2.45, 2.75) is 18.4 Å². The van der Waals surface area contributed by atoms with Gasteiger partial charge in [0.2, 0.25) is 0 Å². The van der Waals surface area contributed by atoms with E-state index < -0.39 is 17.2 Å². The van der Waals surface area contributed by atoms with Gasteiger partial charge in [-0.05, 0) is 23.8 Å². The first-order chi connectivity index (χ1) is 13.0. The van der Waals surface area contributed by atoms with E-state index in [1.54, 1.807) is 24.3 Å². The number of hydrogen-bond acceptors (Lipinski definition) is 3. The molecule has 1 aliphatic heterocycles. The predicted octanol–water partition coefficient (Wildman–Crippen LogP) is 3.70. The summed E-state index contributed by atoms with van der Waals surface area (Å²) in [5, 5.41) is 13.8. The number of ether oxygens (including phenoxy) is 1. The van der Waals surface area contributed by atoms with Gasteiger partial charge in [-0.1, -0.05) is 12.1 Å². The number of amides is 1. The lowest BCUT2D eigenvalue weighted by atomic mass is 9.86. The van der Waals surface area contributed by atoms with Crippen LogP contribution in [0.15, 0.2) is 42.6 Å². The second-order valence-electron chi connectivity index (χ2n) is 6.69. The monoisotopic (exact) mass is 372 g/mol. The average Bonchev–Trinajstić information content (AvgIpc) is 3.04. The third-order valence-corrected chi connectivity index (χ3v) is 4.98. The van der Waals surface area contributed by atoms with Gasteiger partial charge in [0.25, 0.3) is 5.91 Å². The van der Waals surface area contributed by atoms with Gasteiger partial charge in [0.15, 0.2) is 11.6 Å². The number of rotatable bonds is 3. The topological polar surface area (TPSA) is 74.4 Å². The Morgan fingerprint density at radius 3 is 2.48 bits per heavy atom. The van der Waals surface area contributed by atoms with E-state index in [4.69, 9.17) is 4.74 Å². The molecule has 1 aliphatic rings. The first kappa shape index (κ1) is 17.6. The van der Waals surface area contributed by atoms with Gasteiger partial charge >= 0.3 is 0 Å². The lowest BCUT2D eigenvalue weighted by Gasteiger charge is -2.32. The van der Waals surface area contributed by atoms with Crippen LogP contribution in [0.5, 0.6) is 0 Å². The molecule has 140 valence electrons. The molecule has 0 atom stereocenters. The summed E-state index contributed by atoms with van der Waals surface area (Å²) in [6.07, 6.45) is 2.51. The fraction of sp³-hybridized carbons (Fsp3) is 0.250. The Morgan fingerprint density at radius 1 is 1.11 bits per heavy atom. The maximum atomic E-state index is 13.5. The summed E-state index contributed by atoms with van der Waals surface area (Å²) in [4.78, 5) is 15.3. The van der Waals surface area contributed by atoms with Gasteiger partial charge in [0.05, 0.1) is 16.8 Å². The van der Waals surface area contributed by atoms with Crippen molar-refractivity contribution in [1.82, 2.24) is 4.98 Å². The van der Waals surface area contributed by atoms with Crippen LogP contribution in [0, 0.1) is 11.6 Å². The molecule has 0 bridgehead atoms. The number of fused-ring (bicyclic) bond motifs is 1. The van der Waals surface area contributed by atoms with Gasteiger partial charge in [0, 0.05) is 49.3 Å². The highest BCUT2D eigenvalue weighted by atomic mass is 19.2. The second-order valence-corrected chi connectivity index (χ2v) is 6.69. The number of carbonyl (C=O) groups is 1. The molecule has 7 heteroatoms. The van der Waals surface area contributed by atoms with Crippen molar-refractivity contribution in [2.75, 3.05) is 18.5 Å². The number of carbonyl (C=O) groups excluding carboxylic acids is 1. The van der Waals surface area contributed by atoms with E-state index >= 15 is 0 Å². The highest BCUT2D eigenvalue weighted by Gasteiger charge is 2.31. The van der Waals surface area contributed by atoms with Crippen molar-refractivity contribution < 1.29 is 23.4 Å². The minimum atomic E-state index is -0.980. The Bertz CT molecular complexity index is 992. The Kier molecular flexibility index (Phi) is 4.41. The molecule has 0 spiro atoms. The SMILES string of the molecule is O=C(Nc1c[nH]c2cc(F)c(F)cc12)c1ccc(C2(O)CCOCC2)cc1. The van der Waals surface area contributed by atoms with Gasteiger partial charge < -0.3 is 20.1 Å². The molecular weight excluding hydrogens is 354 g/mol. The molecule has 4 rings (SSSR count). The van der Waals surface area contributed by atoms with Crippen molar-refractivity contribution in [3.63, 3.8) is 0 Å². The fourth-order valence-corrected chi connectivity index (χ4v) is 3.34. The van der Waals surface area contributed by atoms with Crippen molar-refractivity contribution in [2.24, 2.45) is 0 Å². The highest BCUT2D eigenvalue weighted by Crippen LogP contribution is 2.32. The molecule has 3 N–H and O–H groups in total. The molecule has 27 heavy (non-hydrogen) atoms. The number of anilines is 1. The normalized spacial score (nSPS) is 16.4. The molecule has 3 aromatic rings. The van der Waals surface area contributed by atoms with E-state index in [-0.39, 0.29) is 5.91 Å². The minimum Gasteiger partial charge on any atom is -0.385 e. The van der Waals surface area contributed by atoms with Crippen LogP contribution in [0.25, 0.3) is 10.9 Å². The molecule has 0 aliphatic carbocycles. The third-order valence-electron chi connectivity index (χ3n) is 4.98.